The van der Waals surface area contributed by atoms with E-state index < -0.39 is 0 Å². The third-order valence-electron chi connectivity index (χ3n) is 6.30. The summed E-state index contributed by atoms with van der Waals surface area (Å²) >= 11 is 0. The molecule has 0 spiro atoms. The number of hydrogen-bond donors (Lipinski definition) is 1. The standard InChI is InChI=1S/C24H31NO/c26-24(21-11-12-21)22-13-15-23(16-14-22)25(17-19-7-3-1-4-8-19)18-20-9-5-2-6-10-20/h1-10,21-24,26H,11-18H2/t22-,23-,24-/m1/s1. The molecule has 2 aromatic rings. The van der Waals surface area contributed by atoms with Crippen LogP contribution in [0.4, 0.5) is 0 Å². The summed E-state index contributed by atoms with van der Waals surface area (Å²) in [6.07, 6.45) is 7.25. The highest BCUT2D eigenvalue weighted by molar-refractivity contribution is 5.17. The van der Waals surface area contributed by atoms with Gasteiger partial charge in [-0.3, -0.25) is 4.90 Å². The third-order valence-corrected chi connectivity index (χ3v) is 6.30. The second-order valence-electron chi connectivity index (χ2n) is 8.27. The van der Waals surface area contributed by atoms with Crippen LogP contribution < -0.4 is 0 Å². The number of nitrogens with zero attached hydrogens (tertiary/aromatic N) is 1. The molecule has 2 aliphatic rings. The maximum Gasteiger partial charge on any atom is 0.0596 e. The van der Waals surface area contributed by atoms with Crippen molar-refractivity contribution < 1.29 is 5.11 Å². The number of benzene rings is 2. The molecule has 1 atom stereocenters. The summed E-state index contributed by atoms with van der Waals surface area (Å²) in [5.74, 6) is 1.15. The first-order valence-corrected chi connectivity index (χ1v) is 10.3. The largest absolute Gasteiger partial charge is 0.393 e. The lowest BCUT2D eigenvalue weighted by atomic mass is 9.80. The van der Waals surface area contributed by atoms with E-state index in [9.17, 15) is 5.11 Å². The fraction of sp³-hybridized carbons (Fsp3) is 0.500. The molecule has 2 saturated carbocycles. The van der Waals surface area contributed by atoms with Gasteiger partial charge in [0.25, 0.3) is 0 Å². The quantitative estimate of drug-likeness (QED) is 0.759. The van der Waals surface area contributed by atoms with Crippen molar-refractivity contribution in [1.29, 1.82) is 0 Å². The second-order valence-corrected chi connectivity index (χ2v) is 8.27. The molecule has 2 nitrogen and oxygen atoms in total. The van der Waals surface area contributed by atoms with Crippen molar-refractivity contribution in [2.24, 2.45) is 11.8 Å². The van der Waals surface area contributed by atoms with Crippen molar-refractivity contribution in [2.75, 3.05) is 0 Å². The molecular weight excluding hydrogens is 318 g/mol. The lowest BCUT2D eigenvalue weighted by molar-refractivity contribution is 0.0385. The van der Waals surface area contributed by atoms with Gasteiger partial charge < -0.3 is 5.11 Å². The van der Waals surface area contributed by atoms with Crippen LogP contribution in [0.3, 0.4) is 0 Å². The normalized spacial score (nSPS) is 24.5. The third kappa shape index (κ3) is 4.55. The number of aliphatic hydroxyl groups excluding tert-OH is 1. The van der Waals surface area contributed by atoms with Crippen LogP contribution in [0.2, 0.25) is 0 Å². The van der Waals surface area contributed by atoms with E-state index in [0.717, 1.165) is 13.1 Å². The molecule has 2 aromatic carbocycles. The first-order chi connectivity index (χ1) is 12.8. The molecule has 2 heteroatoms. The summed E-state index contributed by atoms with van der Waals surface area (Å²) in [6.45, 7) is 2.02. The van der Waals surface area contributed by atoms with Gasteiger partial charge in [-0.25, -0.2) is 0 Å². The minimum Gasteiger partial charge on any atom is -0.393 e. The molecule has 26 heavy (non-hydrogen) atoms. The zero-order chi connectivity index (χ0) is 17.8. The molecule has 0 aliphatic heterocycles. The molecule has 4 rings (SSSR count). The molecule has 138 valence electrons. The van der Waals surface area contributed by atoms with Gasteiger partial charge in [-0.1, -0.05) is 60.7 Å². The number of rotatable bonds is 7. The molecule has 0 bridgehead atoms. The second kappa shape index (κ2) is 8.37. The van der Waals surface area contributed by atoms with Crippen molar-refractivity contribution >= 4 is 0 Å². The van der Waals surface area contributed by atoms with Crippen molar-refractivity contribution in [3.05, 3.63) is 71.8 Å². The van der Waals surface area contributed by atoms with Crippen LogP contribution in [0.25, 0.3) is 0 Å². The van der Waals surface area contributed by atoms with Gasteiger partial charge >= 0.3 is 0 Å². The summed E-state index contributed by atoms with van der Waals surface area (Å²) in [7, 11) is 0. The minimum absolute atomic E-state index is 0.0346. The predicted molar refractivity (Wildman–Crippen MR) is 107 cm³/mol. The first kappa shape index (κ1) is 17.8. The lowest BCUT2D eigenvalue weighted by Crippen LogP contribution is -2.39. The highest BCUT2D eigenvalue weighted by Gasteiger charge is 2.37. The Bertz CT molecular complexity index is 618. The van der Waals surface area contributed by atoms with E-state index in [1.807, 2.05) is 0 Å². The summed E-state index contributed by atoms with van der Waals surface area (Å²) in [4.78, 5) is 2.66. The summed E-state index contributed by atoms with van der Waals surface area (Å²) < 4.78 is 0. The van der Waals surface area contributed by atoms with Crippen molar-refractivity contribution in [3.8, 4) is 0 Å². The van der Waals surface area contributed by atoms with Crippen LogP contribution in [0.15, 0.2) is 60.7 Å². The van der Waals surface area contributed by atoms with Crippen LogP contribution in [0, 0.1) is 11.8 Å². The highest BCUT2D eigenvalue weighted by Crippen LogP contribution is 2.41. The van der Waals surface area contributed by atoms with Gasteiger partial charge in [-0.2, -0.15) is 0 Å². The van der Waals surface area contributed by atoms with Gasteiger partial charge in [0.15, 0.2) is 0 Å². The predicted octanol–water partition coefficient (Wildman–Crippen LogP) is 5.02. The zero-order valence-electron chi connectivity index (χ0n) is 15.6. The number of hydrogen-bond acceptors (Lipinski definition) is 2. The maximum atomic E-state index is 10.5. The lowest BCUT2D eigenvalue weighted by Gasteiger charge is -2.38. The smallest absolute Gasteiger partial charge is 0.0596 e. The molecule has 0 radical (unpaired) electrons. The van der Waals surface area contributed by atoms with Crippen LogP contribution in [-0.4, -0.2) is 22.2 Å². The van der Waals surface area contributed by atoms with Crippen LogP contribution in [0.1, 0.15) is 49.7 Å². The molecule has 0 heterocycles. The van der Waals surface area contributed by atoms with E-state index in [-0.39, 0.29) is 6.10 Å². The van der Waals surface area contributed by atoms with Crippen molar-refractivity contribution in [2.45, 2.75) is 63.8 Å². The molecule has 2 aliphatic carbocycles. The average Bonchev–Trinajstić information content (AvgIpc) is 3.54. The van der Waals surface area contributed by atoms with Crippen molar-refractivity contribution in [1.82, 2.24) is 4.90 Å². The average molecular weight is 350 g/mol. The molecule has 2 fully saturated rings. The van der Waals surface area contributed by atoms with E-state index in [4.69, 9.17) is 0 Å². The zero-order valence-corrected chi connectivity index (χ0v) is 15.6. The van der Waals surface area contributed by atoms with Gasteiger partial charge in [0.2, 0.25) is 0 Å². The summed E-state index contributed by atoms with van der Waals surface area (Å²) in [5.41, 5.74) is 2.78. The molecular formula is C24H31NO. The first-order valence-electron chi connectivity index (χ1n) is 10.3. The number of aliphatic hydroxyl groups is 1. The van der Waals surface area contributed by atoms with E-state index >= 15 is 0 Å². The van der Waals surface area contributed by atoms with Crippen LogP contribution >= 0.6 is 0 Å². The van der Waals surface area contributed by atoms with Gasteiger partial charge in [0.05, 0.1) is 6.10 Å². The fourth-order valence-electron chi connectivity index (χ4n) is 4.58. The Morgan fingerprint density at radius 1 is 0.692 bits per heavy atom. The SMILES string of the molecule is O[C@H](C1CC1)[C@H]1CC[C@H](N(Cc2ccccc2)Cc2ccccc2)CC1. The van der Waals surface area contributed by atoms with Crippen LogP contribution in [0.5, 0.6) is 0 Å². The minimum atomic E-state index is -0.0346. The highest BCUT2D eigenvalue weighted by atomic mass is 16.3. The van der Waals surface area contributed by atoms with E-state index in [1.165, 1.54) is 49.7 Å². The maximum absolute atomic E-state index is 10.5. The topological polar surface area (TPSA) is 23.5 Å². The van der Waals surface area contributed by atoms with Crippen molar-refractivity contribution in [3.63, 3.8) is 0 Å². The molecule has 1 N–H and O–H groups in total. The molecule has 0 unspecified atom stereocenters. The monoisotopic (exact) mass is 349 g/mol. The Hall–Kier alpha value is -1.64. The van der Waals surface area contributed by atoms with Gasteiger partial charge in [0.1, 0.15) is 0 Å². The van der Waals surface area contributed by atoms with E-state index in [0.29, 0.717) is 17.9 Å². The van der Waals surface area contributed by atoms with Gasteiger partial charge in [-0.15, -0.1) is 0 Å². The van der Waals surface area contributed by atoms with E-state index in [1.54, 1.807) is 0 Å². The molecule has 0 saturated heterocycles. The Balaban J connectivity index is 1.42. The molecule has 0 amide bonds. The Kier molecular flexibility index (Phi) is 5.72. The van der Waals surface area contributed by atoms with Crippen LogP contribution in [-0.2, 0) is 13.1 Å². The Morgan fingerprint density at radius 3 is 1.54 bits per heavy atom. The van der Waals surface area contributed by atoms with Gasteiger partial charge in [0, 0.05) is 19.1 Å². The summed E-state index contributed by atoms with van der Waals surface area (Å²) in [5, 5.41) is 10.5. The Labute approximate surface area is 157 Å². The Morgan fingerprint density at radius 2 is 1.12 bits per heavy atom. The van der Waals surface area contributed by atoms with E-state index in [2.05, 4.69) is 65.6 Å². The fourth-order valence-corrected chi connectivity index (χ4v) is 4.58. The summed E-state index contributed by atoms with van der Waals surface area (Å²) in [6, 6.07) is 22.3. The van der Waals surface area contributed by atoms with Gasteiger partial charge in [-0.05, 0) is 61.5 Å². The molecule has 0 aromatic heterocycles.